The van der Waals surface area contributed by atoms with Gasteiger partial charge in [0.15, 0.2) is 17.5 Å². The number of rotatable bonds is 3. The number of carbonyl (C=O) groups excluding carboxylic acids is 1. The van der Waals surface area contributed by atoms with Crippen molar-refractivity contribution in [3.63, 3.8) is 0 Å². The molecule has 7 heteroatoms. The summed E-state index contributed by atoms with van der Waals surface area (Å²) in [5, 5.41) is 14.6. The third kappa shape index (κ3) is 3.42. The molecular formula is C15H18N4O2S. The van der Waals surface area contributed by atoms with E-state index in [0.717, 1.165) is 41.1 Å². The number of aromatic nitrogens is 2. The second-order valence-electron chi connectivity index (χ2n) is 5.54. The Morgan fingerprint density at radius 1 is 1.41 bits per heavy atom. The number of likely N-dealkylation sites (tertiary alicyclic amines) is 1. The molecule has 0 unspecified atom stereocenters. The Labute approximate surface area is 133 Å². The first kappa shape index (κ1) is 14.9. The number of hydrogen-bond acceptors (Lipinski definition) is 5. The van der Waals surface area contributed by atoms with Crippen molar-refractivity contribution in [1.29, 1.82) is 0 Å². The number of carbonyl (C=O) groups is 1. The van der Waals surface area contributed by atoms with Crippen molar-refractivity contribution >= 4 is 22.4 Å². The van der Waals surface area contributed by atoms with Gasteiger partial charge in [-0.3, -0.25) is 4.79 Å². The number of anilines is 1. The number of thiazole rings is 1. The van der Waals surface area contributed by atoms with E-state index in [0.29, 0.717) is 5.13 Å². The molecule has 6 nitrogen and oxygen atoms in total. The molecule has 1 aliphatic heterocycles. The third-order valence-corrected chi connectivity index (χ3v) is 4.87. The summed E-state index contributed by atoms with van der Waals surface area (Å²) < 4.78 is 0.743. The van der Waals surface area contributed by atoms with E-state index in [2.05, 4.69) is 22.2 Å². The van der Waals surface area contributed by atoms with Gasteiger partial charge < -0.3 is 15.4 Å². The predicted molar refractivity (Wildman–Crippen MR) is 85.4 cm³/mol. The van der Waals surface area contributed by atoms with Crippen molar-refractivity contribution in [3.8, 4) is 10.4 Å². The van der Waals surface area contributed by atoms with Gasteiger partial charge >= 0.3 is 0 Å². The van der Waals surface area contributed by atoms with Crippen LogP contribution in [0, 0.1) is 11.1 Å². The maximum Gasteiger partial charge on any atom is 0.229 e. The molecule has 116 valence electrons. The van der Waals surface area contributed by atoms with Crippen molar-refractivity contribution < 1.29 is 9.52 Å². The summed E-state index contributed by atoms with van der Waals surface area (Å²) in [4.78, 5) is 19.7. The van der Waals surface area contributed by atoms with Crippen LogP contribution < -0.4 is 10.0 Å². The summed E-state index contributed by atoms with van der Waals surface area (Å²) in [6.45, 7) is 1.92. The first-order chi connectivity index (χ1) is 10.6. The number of hydrogen-bond donors (Lipinski definition) is 1. The minimum atomic E-state index is 0.0551. The third-order valence-electron chi connectivity index (χ3n) is 3.91. The van der Waals surface area contributed by atoms with Gasteiger partial charge in [-0.25, -0.2) is 4.98 Å². The van der Waals surface area contributed by atoms with Crippen LogP contribution in [0.2, 0.25) is 0 Å². The first-order valence-corrected chi connectivity index (χ1v) is 8.08. The van der Waals surface area contributed by atoms with E-state index in [1.54, 1.807) is 18.3 Å². The number of piperidine rings is 1. The molecule has 0 atom stereocenters. The van der Waals surface area contributed by atoms with Crippen LogP contribution in [0.15, 0.2) is 30.7 Å². The molecule has 0 spiro atoms. The summed E-state index contributed by atoms with van der Waals surface area (Å²) in [6, 6.07) is 3.48. The fraction of sp³-hybridized carbons (Fsp3) is 0.400. The molecule has 0 bridgehead atoms. The van der Waals surface area contributed by atoms with Crippen molar-refractivity contribution in [3.05, 3.63) is 35.9 Å². The van der Waals surface area contributed by atoms with E-state index >= 15 is 0 Å². The average molecular weight is 318 g/mol. The second kappa shape index (κ2) is 6.41. The highest BCUT2D eigenvalue weighted by atomic mass is 32.1. The zero-order valence-electron chi connectivity index (χ0n) is 12.4. The summed E-state index contributed by atoms with van der Waals surface area (Å²) >= 11 is 1.42. The summed E-state index contributed by atoms with van der Waals surface area (Å²) in [6.07, 6.45) is 6.41. The molecule has 0 aromatic carbocycles. The summed E-state index contributed by atoms with van der Waals surface area (Å²) in [7, 11) is 2.08. The number of pyridine rings is 1. The zero-order valence-corrected chi connectivity index (χ0v) is 13.2. The highest BCUT2D eigenvalue weighted by Gasteiger charge is 2.24. The predicted octanol–water partition coefficient (Wildman–Crippen LogP) is 1.72. The Hall–Kier alpha value is -1.99. The van der Waals surface area contributed by atoms with Crippen molar-refractivity contribution in [2.24, 2.45) is 5.92 Å². The van der Waals surface area contributed by atoms with Gasteiger partial charge in [-0.2, -0.15) is 4.73 Å². The van der Waals surface area contributed by atoms with E-state index in [1.165, 1.54) is 23.7 Å². The molecule has 3 rings (SSSR count). The van der Waals surface area contributed by atoms with Crippen LogP contribution >= 0.6 is 11.3 Å². The Bertz CT molecular complexity index is 648. The Kier molecular flexibility index (Phi) is 4.35. The van der Waals surface area contributed by atoms with E-state index in [4.69, 9.17) is 0 Å². The molecule has 1 N–H and O–H groups in total. The van der Waals surface area contributed by atoms with Crippen molar-refractivity contribution in [2.45, 2.75) is 12.8 Å². The van der Waals surface area contributed by atoms with Gasteiger partial charge in [0.25, 0.3) is 0 Å². The maximum atomic E-state index is 12.3. The molecule has 3 heterocycles. The number of nitrogens with one attached hydrogen (secondary N) is 1. The molecule has 1 aliphatic rings. The fourth-order valence-corrected chi connectivity index (χ4v) is 3.35. The van der Waals surface area contributed by atoms with E-state index < -0.39 is 0 Å². The van der Waals surface area contributed by atoms with Gasteiger partial charge in [0.05, 0.1) is 4.88 Å². The van der Waals surface area contributed by atoms with Crippen LogP contribution in [0.25, 0.3) is 10.4 Å². The summed E-state index contributed by atoms with van der Waals surface area (Å²) in [5.74, 6) is 0.124. The van der Waals surface area contributed by atoms with Crippen LogP contribution in [-0.2, 0) is 4.79 Å². The largest absolute Gasteiger partial charge is 0.619 e. The molecule has 2 aromatic rings. The van der Waals surface area contributed by atoms with E-state index in [9.17, 15) is 10.0 Å². The smallest absolute Gasteiger partial charge is 0.229 e. The average Bonchev–Trinajstić information content (AvgIpc) is 2.97. The minimum absolute atomic E-state index is 0.0551. The molecule has 1 saturated heterocycles. The summed E-state index contributed by atoms with van der Waals surface area (Å²) in [5.41, 5.74) is 0.921. The maximum absolute atomic E-state index is 12.3. The van der Waals surface area contributed by atoms with Crippen molar-refractivity contribution in [2.75, 3.05) is 25.5 Å². The van der Waals surface area contributed by atoms with Crippen LogP contribution in [0.5, 0.6) is 0 Å². The number of amides is 1. The SMILES string of the molecule is CN1CCC(C(=O)Nc2ncc(-c3cc[n+]([O-])cc3)s2)CC1. The Morgan fingerprint density at radius 2 is 2.09 bits per heavy atom. The monoisotopic (exact) mass is 318 g/mol. The second-order valence-corrected chi connectivity index (χ2v) is 6.57. The Morgan fingerprint density at radius 3 is 2.77 bits per heavy atom. The molecule has 0 aliphatic carbocycles. The fourth-order valence-electron chi connectivity index (χ4n) is 2.52. The topological polar surface area (TPSA) is 72.2 Å². The van der Waals surface area contributed by atoms with Gasteiger partial charge in [-0.1, -0.05) is 11.3 Å². The van der Waals surface area contributed by atoms with Crippen LogP contribution in [0.4, 0.5) is 5.13 Å². The van der Waals surface area contributed by atoms with E-state index in [1.807, 2.05) is 0 Å². The highest BCUT2D eigenvalue weighted by Crippen LogP contribution is 2.29. The standard InChI is InChI=1S/C15H18N4O2S/c1-18-6-2-12(3-7-18)14(20)17-15-16-10-13(22-15)11-4-8-19(21)9-5-11/h4-5,8-10,12H,2-3,6-7H2,1H3,(H,16,17,20). The lowest BCUT2D eigenvalue weighted by Gasteiger charge is -2.27. The van der Waals surface area contributed by atoms with Gasteiger partial charge in [0, 0.05) is 29.8 Å². The molecule has 1 fully saturated rings. The normalized spacial score (nSPS) is 16.6. The van der Waals surface area contributed by atoms with Gasteiger partial charge in [0.1, 0.15) is 0 Å². The molecule has 22 heavy (non-hydrogen) atoms. The Balaban J connectivity index is 1.64. The zero-order chi connectivity index (χ0) is 15.5. The number of nitrogens with zero attached hydrogens (tertiary/aromatic N) is 3. The molecular weight excluding hydrogens is 300 g/mol. The molecule has 0 radical (unpaired) electrons. The highest BCUT2D eigenvalue weighted by molar-refractivity contribution is 7.19. The lowest BCUT2D eigenvalue weighted by atomic mass is 9.96. The first-order valence-electron chi connectivity index (χ1n) is 7.26. The van der Waals surface area contributed by atoms with E-state index in [-0.39, 0.29) is 11.8 Å². The van der Waals surface area contributed by atoms with Crippen LogP contribution in [0.3, 0.4) is 0 Å². The van der Waals surface area contributed by atoms with Crippen LogP contribution in [-0.4, -0.2) is 35.9 Å². The lowest BCUT2D eigenvalue weighted by Crippen LogP contribution is -2.35. The van der Waals surface area contributed by atoms with Crippen molar-refractivity contribution in [1.82, 2.24) is 9.88 Å². The minimum Gasteiger partial charge on any atom is -0.619 e. The van der Waals surface area contributed by atoms with Crippen LogP contribution in [0.1, 0.15) is 12.8 Å². The lowest BCUT2D eigenvalue weighted by molar-refractivity contribution is -0.605. The van der Waals surface area contributed by atoms with Gasteiger partial charge in [0.2, 0.25) is 5.91 Å². The van der Waals surface area contributed by atoms with Gasteiger partial charge in [-0.05, 0) is 33.0 Å². The molecule has 0 saturated carbocycles. The molecule has 1 amide bonds. The quantitative estimate of drug-likeness (QED) is 0.691. The molecule has 2 aromatic heterocycles. The van der Waals surface area contributed by atoms with Gasteiger partial charge in [-0.15, -0.1) is 0 Å².